The Bertz CT molecular complexity index is 541. The van der Waals surface area contributed by atoms with Crippen molar-refractivity contribution in [3.05, 3.63) is 41.7 Å². The molecule has 0 fully saturated rings. The topological polar surface area (TPSA) is 42.7 Å². The van der Waals surface area contributed by atoms with Crippen LogP contribution < -0.4 is 5.32 Å². The number of nitrogens with zero attached hydrogens (tertiary/aromatic N) is 3. The molecule has 2 aromatic rings. The van der Waals surface area contributed by atoms with Crippen LogP contribution in [-0.2, 0) is 19.9 Å². The number of rotatable bonds is 4. The Balaban J connectivity index is 1.71. The summed E-state index contributed by atoms with van der Waals surface area (Å²) in [7, 11) is 3.94. The summed E-state index contributed by atoms with van der Waals surface area (Å²) >= 11 is 1.98. The van der Waals surface area contributed by atoms with Crippen LogP contribution in [0.15, 0.2) is 35.4 Å². The minimum atomic E-state index is 0.425. The summed E-state index contributed by atoms with van der Waals surface area (Å²) in [6.45, 7) is 0. The molecule has 0 saturated heterocycles. The van der Waals surface area contributed by atoms with Gasteiger partial charge in [0.05, 0.1) is 5.69 Å². The highest BCUT2D eigenvalue weighted by molar-refractivity contribution is 8.00. The molecular formula is C14H18N4S. The van der Waals surface area contributed by atoms with E-state index < -0.39 is 0 Å². The fraction of sp³-hybridized carbons (Fsp3) is 0.429. The van der Waals surface area contributed by atoms with Gasteiger partial charge in [0, 0.05) is 35.9 Å². The van der Waals surface area contributed by atoms with E-state index >= 15 is 0 Å². The van der Waals surface area contributed by atoms with Crippen LogP contribution in [0, 0.1) is 0 Å². The first-order chi connectivity index (χ1) is 9.26. The van der Waals surface area contributed by atoms with Gasteiger partial charge in [0.15, 0.2) is 0 Å². The number of fused-ring (bicyclic) bond motifs is 1. The molecule has 2 atom stereocenters. The van der Waals surface area contributed by atoms with Gasteiger partial charge in [-0.2, -0.15) is 0 Å². The number of hydrogen-bond acceptors (Lipinski definition) is 4. The maximum atomic E-state index is 4.19. The minimum Gasteiger partial charge on any atom is -0.315 e. The van der Waals surface area contributed by atoms with E-state index in [1.54, 1.807) is 4.68 Å². The molecule has 1 aliphatic rings. The second-order valence-corrected chi connectivity index (χ2v) is 6.23. The largest absolute Gasteiger partial charge is 0.315 e. The van der Waals surface area contributed by atoms with Gasteiger partial charge in [-0.05, 0) is 25.1 Å². The molecule has 2 unspecified atom stereocenters. The van der Waals surface area contributed by atoms with Crippen molar-refractivity contribution in [2.75, 3.05) is 7.05 Å². The number of likely N-dealkylation sites (N-methyl/N-ethyl adjacent to an activating group) is 1. The van der Waals surface area contributed by atoms with Crippen LogP contribution in [0.3, 0.4) is 0 Å². The predicted molar refractivity (Wildman–Crippen MR) is 77.3 cm³/mol. The quantitative estimate of drug-likeness (QED) is 0.921. The van der Waals surface area contributed by atoms with Gasteiger partial charge < -0.3 is 5.32 Å². The van der Waals surface area contributed by atoms with Crippen molar-refractivity contribution in [1.82, 2.24) is 20.3 Å². The fourth-order valence-electron chi connectivity index (χ4n) is 2.57. The van der Waals surface area contributed by atoms with Crippen LogP contribution in [-0.4, -0.2) is 33.3 Å². The lowest BCUT2D eigenvalue weighted by molar-refractivity contribution is 0.531. The third-order valence-electron chi connectivity index (χ3n) is 3.57. The van der Waals surface area contributed by atoms with Crippen molar-refractivity contribution >= 4 is 11.8 Å². The summed E-state index contributed by atoms with van der Waals surface area (Å²) in [6.07, 6.45) is 4.06. The average molecular weight is 274 g/mol. The van der Waals surface area contributed by atoms with E-state index in [0.717, 1.165) is 18.5 Å². The summed E-state index contributed by atoms with van der Waals surface area (Å²) in [4.78, 5) is 1.42. The molecule has 4 nitrogen and oxygen atoms in total. The molecule has 0 saturated carbocycles. The normalized spacial score (nSPS) is 19.4. The standard InChI is InChI=1S/C14H18N4S/c1-15-12(8-11-9-18(2)17-16-11)14-7-10-5-3-4-6-13(10)19-14/h3-6,9,12,14-15H,7-8H2,1-2H3. The Morgan fingerprint density at radius 2 is 2.32 bits per heavy atom. The minimum absolute atomic E-state index is 0.425. The van der Waals surface area contributed by atoms with Crippen molar-refractivity contribution in [2.24, 2.45) is 7.05 Å². The lowest BCUT2D eigenvalue weighted by atomic mass is 10.0. The molecule has 1 aromatic carbocycles. The first kappa shape index (κ1) is 12.7. The molecule has 0 bridgehead atoms. The molecule has 5 heteroatoms. The van der Waals surface area contributed by atoms with Gasteiger partial charge in [-0.3, -0.25) is 4.68 Å². The number of aromatic nitrogens is 3. The van der Waals surface area contributed by atoms with E-state index in [9.17, 15) is 0 Å². The lowest BCUT2D eigenvalue weighted by Crippen LogP contribution is -2.37. The SMILES string of the molecule is CNC(Cc1cn(C)nn1)C1Cc2ccccc2S1. The average Bonchev–Trinajstić information content (AvgIpc) is 3.01. The van der Waals surface area contributed by atoms with Crippen molar-refractivity contribution in [1.29, 1.82) is 0 Å². The summed E-state index contributed by atoms with van der Waals surface area (Å²) in [6, 6.07) is 9.12. The number of benzene rings is 1. The van der Waals surface area contributed by atoms with Crippen molar-refractivity contribution < 1.29 is 0 Å². The first-order valence-corrected chi connectivity index (χ1v) is 7.41. The van der Waals surface area contributed by atoms with Gasteiger partial charge in [0.2, 0.25) is 0 Å². The Hall–Kier alpha value is -1.33. The fourth-order valence-corrected chi connectivity index (χ4v) is 4.01. The summed E-state index contributed by atoms with van der Waals surface area (Å²) in [5, 5.41) is 12.2. The van der Waals surface area contributed by atoms with Crippen LogP contribution in [0.5, 0.6) is 0 Å². The first-order valence-electron chi connectivity index (χ1n) is 6.53. The molecule has 1 aliphatic heterocycles. The van der Waals surface area contributed by atoms with Gasteiger partial charge in [-0.1, -0.05) is 23.4 Å². The van der Waals surface area contributed by atoms with Crippen LogP contribution in [0.25, 0.3) is 0 Å². The maximum Gasteiger partial charge on any atom is 0.0842 e. The number of aryl methyl sites for hydroxylation is 1. The Labute approximate surface area is 117 Å². The number of thioether (sulfide) groups is 1. The molecule has 2 heterocycles. The molecule has 100 valence electrons. The van der Waals surface area contributed by atoms with Gasteiger partial charge in [-0.25, -0.2) is 0 Å². The number of nitrogens with one attached hydrogen (secondary N) is 1. The van der Waals surface area contributed by atoms with Gasteiger partial charge in [0.1, 0.15) is 0 Å². The molecule has 1 N–H and O–H groups in total. The smallest absolute Gasteiger partial charge is 0.0842 e. The summed E-state index contributed by atoms with van der Waals surface area (Å²) in [5.41, 5.74) is 2.52. The van der Waals surface area contributed by atoms with Crippen LogP contribution in [0.2, 0.25) is 0 Å². The van der Waals surface area contributed by atoms with E-state index in [1.165, 1.54) is 10.5 Å². The summed E-state index contributed by atoms with van der Waals surface area (Å²) in [5.74, 6) is 0. The summed E-state index contributed by atoms with van der Waals surface area (Å²) < 4.78 is 1.76. The monoisotopic (exact) mass is 274 g/mol. The second kappa shape index (κ2) is 5.35. The third-order valence-corrected chi connectivity index (χ3v) is 5.02. The van der Waals surface area contributed by atoms with Gasteiger partial charge in [-0.15, -0.1) is 16.9 Å². The number of hydrogen-bond donors (Lipinski definition) is 1. The predicted octanol–water partition coefficient (Wildman–Crippen LogP) is 1.66. The zero-order valence-corrected chi connectivity index (χ0v) is 12.0. The molecule has 0 aliphatic carbocycles. The molecule has 3 rings (SSSR count). The molecule has 0 spiro atoms. The molecule has 0 radical (unpaired) electrons. The molecular weight excluding hydrogens is 256 g/mol. The van der Waals surface area contributed by atoms with E-state index in [4.69, 9.17) is 0 Å². The van der Waals surface area contributed by atoms with Crippen LogP contribution >= 0.6 is 11.8 Å². The Morgan fingerprint density at radius 3 is 3.00 bits per heavy atom. The molecule has 1 aromatic heterocycles. The zero-order chi connectivity index (χ0) is 13.2. The third kappa shape index (κ3) is 2.67. The van der Waals surface area contributed by atoms with Crippen LogP contribution in [0.1, 0.15) is 11.3 Å². The second-order valence-electron chi connectivity index (χ2n) is 4.95. The molecule has 19 heavy (non-hydrogen) atoms. The highest BCUT2D eigenvalue weighted by atomic mass is 32.2. The van der Waals surface area contributed by atoms with E-state index in [-0.39, 0.29) is 0 Å². The highest BCUT2D eigenvalue weighted by Gasteiger charge is 2.29. The van der Waals surface area contributed by atoms with E-state index in [1.807, 2.05) is 32.1 Å². The van der Waals surface area contributed by atoms with Crippen molar-refractivity contribution in [3.8, 4) is 0 Å². The van der Waals surface area contributed by atoms with Crippen LogP contribution in [0.4, 0.5) is 0 Å². The lowest BCUT2D eigenvalue weighted by Gasteiger charge is -2.21. The van der Waals surface area contributed by atoms with Gasteiger partial charge >= 0.3 is 0 Å². The highest BCUT2D eigenvalue weighted by Crippen LogP contribution is 2.38. The Kier molecular flexibility index (Phi) is 3.57. The van der Waals surface area contributed by atoms with Gasteiger partial charge in [0.25, 0.3) is 0 Å². The van der Waals surface area contributed by atoms with Crippen molar-refractivity contribution in [2.45, 2.75) is 29.0 Å². The van der Waals surface area contributed by atoms with E-state index in [0.29, 0.717) is 11.3 Å². The zero-order valence-electron chi connectivity index (χ0n) is 11.2. The Morgan fingerprint density at radius 1 is 1.47 bits per heavy atom. The maximum absolute atomic E-state index is 4.19. The molecule has 0 amide bonds. The van der Waals surface area contributed by atoms with Crippen molar-refractivity contribution in [3.63, 3.8) is 0 Å². The van der Waals surface area contributed by atoms with E-state index in [2.05, 4.69) is 39.9 Å².